The summed E-state index contributed by atoms with van der Waals surface area (Å²) in [6.07, 6.45) is 8.39. The van der Waals surface area contributed by atoms with Crippen LogP contribution in [0, 0.1) is 0 Å². The van der Waals surface area contributed by atoms with Crippen LogP contribution in [0.3, 0.4) is 0 Å². The highest BCUT2D eigenvalue weighted by Crippen LogP contribution is 2.22. The Bertz CT molecular complexity index is 1330. The molecule has 0 spiro atoms. The van der Waals surface area contributed by atoms with E-state index in [1.165, 1.54) is 11.1 Å². The molecule has 0 bridgehead atoms. The summed E-state index contributed by atoms with van der Waals surface area (Å²) in [6, 6.07) is 33.3. The van der Waals surface area contributed by atoms with Gasteiger partial charge >= 0.3 is 17.6 Å². The standard InChI is InChI=1S/C34H38O6Si2/c1-35-41(36-2,37-3)33-23-15-29(16-24-33)9-7-27-11-19-31(20-12-27)32-21-13-28(14-22-32)8-10-30-17-25-34(26-18-30)42(38-4,39-5)40-6/h7-26H,1-6H3/b9-7+,10-8+. The Kier molecular flexibility index (Phi) is 11.0. The first kappa shape index (κ1) is 31.5. The average Bonchev–Trinajstić information content (AvgIpc) is 3.06. The molecule has 4 aromatic carbocycles. The SMILES string of the molecule is CO[Si](OC)(OC)c1ccc(/C=C/c2ccc(-c3ccc(/C=C/c4ccc([Si](OC)(OC)OC)cc4)cc3)cc2)cc1. The number of hydrogen-bond donors (Lipinski definition) is 0. The van der Waals surface area contributed by atoms with Gasteiger partial charge in [0.1, 0.15) is 0 Å². The van der Waals surface area contributed by atoms with Crippen molar-refractivity contribution in [3.63, 3.8) is 0 Å². The van der Waals surface area contributed by atoms with E-state index in [1.807, 2.05) is 48.5 Å². The summed E-state index contributed by atoms with van der Waals surface area (Å²) in [5.74, 6) is 0. The quantitative estimate of drug-likeness (QED) is 0.142. The van der Waals surface area contributed by atoms with Crippen molar-refractivity contribution >= 4 is 52.3 Å². The first-order valence-electron chi connectivity index (χ1n) is 13.5. The van der Waals surface area contributed by atoms with Gasteiger partial charge in [-0.15, -0.1) is 0 Å². The molecule has 6 nitrogen and oxygen atoms in total. The highest BCUT2D eigenvalue weighted by molar-refractivity contribution is 6.75. The molecule has 0 aliphatic rings. The highest BCUT2D eigenvalue weighted by atomic mass is 28.4. The molecule has 0 saturated carbocycles. The lowest BCUT2D eigenvalue weighted by atomic mass is 10.0. The van der Waals surface area contributed by atoms with Crippen LogP contribution in [0.5, 0.6) is 0 Å². The van der Waals surface area contributed by atoms with Crippen molar-refractivity contribution in [3.8, 4) is 11.1 Å². The average molecular weight is 599 g/mol. The molecule has 0 atom stereocenters. The summed E-state index contributed by atoms with van der Waals surface area (Å²) in [5.41, 5.74) is 6.77. The fourth-order valence-corrected chi connectivity index (χ4v) is 8.33. The van der Waals surface area contributed by atoms with Crippen molar-refractivity contribution in [1.82, 2.24) is 0 Å². The zero-order valence-electron chi connectivity index (χ0n) is 25.0. The smallest absolute Gasteiger partial charge is 0.373 e. The monoisotopic (exact) mass is 598 g/mol. The molecule has 0 N–H and O–H groups in total. The Hall–Kier alpha value is -3.45. The van der Waals surface area contributed by atoms with Crippen LogP contribution in [0.2, 0.25) is 0 Å². The molecule has 0 fully saturated rings. The van der Waals surface area contributed by atoms with Gasteiger partial charge in [-0.1, -0.05) is 121 Å². The molecule has 8 heteroatoms. The van der Waals surface area contributed by atoms with Gasteiger partial charge in [0, 0.05) is 53.0 Å². The molecule has 0 saturated heterocycles. The van der Waals surface area contributed by atoms with Crippen LogP contribution in [-0.2, 0) is 26.6 Å². The van der Waals surface area contributed by atoms with E-state index < -0.39 is 17.6 Å². The minimum Gasteiger partial charge on any atom is -0.373 e. The van der Waals surface area contributed by atoms with Gasteiger partial charge in [0.25, 0.3) is 0 Å². The van der Waals surface area contributed by atoms with E-state index in [9.17, 15) is 0 Å². The predicted octanol–water partition coefficient (Wildman–Crippen LogP) is 5.86. The van der Waals surface area contributed by atoms with Gasteiger partial charge in [-0.2, -0.15) is 0 Å². The van der Waals surface area contributed by atoms with Gasteiger partial charge in [0.15, 0.2) is 0 Å². The lowest BCUT2D eigenvalue weighted by Gasteiger charge is -2.24. The van der Waals surface area contributed by atoms with Crippen LogP contribution in [0.15, 0.2) is 97.1 Å². The van der Waals surface area contributed by atoms with Gasteiger partial charge in [-0.25, -0.2) is 0 Å². The van der Waals surface area contributed by atoms with E-state index in [0.717, 1.165) is 32.6 Å². The molecular formula is C34H38O6Si2. The fourth-order valence-electron chi connectivity index (χ4n) is 4.76. The third-order valence-electron chi connectivity index (χ3n) is 7.23. The van der Waals surface area contributed by atoms with E-state index >= 15 is 0 Å². The van der Waals surface area contributed by atoms with Gasteiger partial charge in [-0.3, -0.25) is 0 Å². The lowest BCUT2D eigenvalue weighted by Crippen LogP contribution is -2.54. The minimum atomic E-state index is -2.82. The first-order valence-corrected chi connectivity index (χ1v) is 17.0. The lowest BCUT2D eigenvalue weighted by molar-refractivity contribution is 0.140. The molecular weight excluding hydrogens is 561 g/mol. The molecule has 0 aliphatic carbocycles. The van der Waals surface area contributed by atoms with E-state index in [-0.39, 0.29) is 0 Å². The summed E-state index contributed by atoms with van der Waals surface area (Å²) < 4.78 is 33.4. The van der Waals surface area contributed by atoms with E-state index in [0.29, 0.717) is 0 Å². The maximum absolute atomic E-state index is 5.56. The van der Waals surface area contributed by atoms with Crippen LogP contribution >= 0.6 is 0 Å². The van der Waals surface area contributed by atoms with Gasteiger partial charge < -0.3 is 26.6 Å². The molecule has 0 heterocycles. The van der Waals surface area contributed by atoms with Crippen molar-refractivity contribution in [1.29, 1.82) is 0 Å². The van der Waals surface area contributed by atoms with Crippen LogP contribution in [0.4, 0.5) is 0 Å². The van der Waals surface area contributed by atoms with Crippen LogP contribution in [0.1, 0.15) is 22.3 Å². The second kappa shape index (κ2) is 14.6. The molecule has 0 unspecified atom stereocenters. The summed E-state index contributed by atoms with van der Waals surface area (Å²) in [6.45, 7) is 0. The molecule has 0 aromatic heterocycles. The van der Waals surface area contributed by atoms with Crippen molar-refractivity contribution in [3.05, 3.63) is 119 Å². The summed E-state index contributed by atoms with van der Waals surface area (Å²) in [4.78, 5) is 0. The number of rotatable bonds is 13. The number of benzene rings is 4. The third kappa shape index (κ3) is 7.12. The highest BCUT2D eigenvalue weighted by Gasteiger charge is 2.41. The second-order valence-electron chi connectivity index (χ2n) is 9.49. The largest absolute Gasteiger partial charge is 0.536 e. The summed E-state index contributed by atoms with van der Waals surface area (Å²) in [5, 5.41) is 1.86. The molecule has 4 rings (SSSR count). The Labute approximate surface area is 251 Å². The zero-order chi connectivity index (χ0) is 30.0. The predicted molar refractivity (Wildman–Crippen MR) is 175 cm³/mol. The van der Waals surface area contributed by atoms with Crippen molar-refractivity contribution in [2.24, 2.45) is 0 Å². The van der Waals surface area contributed by atoms with E-state index in [2.05, 4.69) is 72.8 Å². The van der Waals surface area contributed by atoms with Crippen LogP contribution < -0.4 is 10.4 Å². The normalized spacial score (nSPS) is 12.4. The molecule has 0 aliphatic heterocycles. The molecule has 0 amide bonds. The van der Waals surface area contributed by atoms with E-state index in [4.69, 9.17) is 26.6 Å². The Morgan fingerprint density at radius 1 is 0.333 bits per heavy atom. The molecule has 0 radical (unpaired) electrons. The summed E-state index contributed by atoms with van der Waals surface area (Å²) >= 11 is 0. The molecule has 218 valence electrons. The second-order valence-corrected chi connectivity index (χ2v) is 15.3. The first-order chi connectivity index (χ1) is 20.4. The molecule has 4 aromatic rings. The Morgan fingerprint density at radius 3 is 0.762 bits per heavy atom. The van der Waals surface area contributed by atoms with E-state index in [1.54, 1.807) is 42.7 Å². The fraction of sp³-hybridized carbons (Fsp3) is 0.176. The van der Waals surface area contributed by atoms with Crippen molar-refractivity contribution < 1.29 is 26.6 Å². The van der Waals surface area contributed by atoms with Gasteiger partial charge in [0.05, 0.1) is 0 Å². The Balaban J connectivity index is 1.38. The zero-order valence-corrected chi connectivity index (χ0v) is 27.0. The topological polar surface area (TPSA) is 55.4 Å². The Morgan fingerprint density at radius 2 is 0.548 bits per heavy atom. The number of hydrogen-bond acceptors (Lipinski definition) is 6. The minimum absolute atomic E-state index is 0.928. The van der Waals surface area contributed by atoms with Crippen molar-refractivity contribution in [2.45, 2.75) is 0 Å². The van der Waals surface area contributed by atoms with Crippen LogP contribution in [-0.4, -0.2) is 60.3 Å². The third-order valence-corrected chi connectivity index (χ3v) is 12.5. The van der Waals surface area contributed by atoms with Crippen LogP contribution in [0.25, 0.3) is 35.4 Å². The molecule has 42 heavy (non-hydrogen) atoms. The summed E-state index contributed by atoms with van der Waals surface area (Å²) in [7, 11) is 4.06. The van der Waals surface area contributed by atoms with Gasteiger partial charge in [0.2, 0.25) is 0 Å². The van der Waals surface area contributed by atoms with Crippen molar-refractivity contribution in [2.75, 3.05) is 42.7 Å². The maximum Gasteiger partial charge on any atom is 0.536 e. The van der Waals surface area contributed by atoms with Gasteiger partial charge in [-0.05, 0) is 33.4 Å². The maximum atomic E-state index is 5.56.